The summed E-state index contributed by atoms with van der Waals surface area (Å²) in [7, 11) is 0. The molecule has 0 radical (unpaired) electrons. The van der Waals surface area contributed by atoms with Crippen LogP contribution in [0, 0.1) is 6.92 Å². The van der Waals surface area contributed by atoms with Gasteiger partial charge in [-0.15, -0.1) is 0 Å². The fourth-order valence-corrected chi connectivity index (χ4v) is 4.60. The number of fused-ring (bicyclic) bond motifs is 1. The number of hydrogen-bond donors (Lipinski definition) is 0. The molecule has 0 atom stereocenters. The van der Waals surface area contributed by atoms with Crippen molar-refractivity contribution in [3.8, 4) is 11.1 Å². The minimum Gasteiger partial charge on any atom is -0.386 e. The van der Waals surface area contributed by atoms with Gasteiger partial charge in [0.25, 0.3) is 0 Å². The second-order valence-electron chi connectivity index (χ2n) is 10.1. The van der Waals surface area contributed by atoms with Crippen molar-refractivity contribution < 1.29 is 14.3 Å². The van der Waals surface area contributed by atoms with Gasteiger partial charge in [0, 0.05) is 0 Å². The summed E-state index contributed by atoms with van der Waals surface area (Å²) in [5, 5.41) is 0. The molecule has 0 N–H and O–H groups in total. The summed E-state index contributed by atoms with van der Waals surface area (Å²) in [6.07, 6.45) is 2.35. The van der Waals surface area contributed by atoms with Crippen LogP contribution >= 0.6 is 0 Å². The molecular weight excluding hydrogens is 396 g/mol. The Morgan fingerprint density at radius 1 is 0.719 bits per heavy atom. The third kappa shape index (κ3) is 4.12. The van der Waals surface area contributed by atoms with Crippen LogP contribution in [0.1, 0.15) is 77.9 Å². The number of hydrogen-bond acceptors (Lipinski definition) is 3. The Labute approximate surface area is 190 Å². The Morgan fingerprint density at radius 3 is 1.78 bits per heavy atom. The average molecular weight is 427 g/mol. The molecule has 0 heterocycles. The van der Waals surface area contributed by atoms with E-state index in [0.717, 1.165) is 12.0 Å². The van der Waals surface area contributed by atoms with E-state index < -0.39 is 11.9 Å². The third-order valence-electron chi connectivity index (χ3n) is 6.82. The highest BCUT2D eigenvalue weighted by molar-refractivity contribution is 6.02. The molecule has 1 aliphatic carbocycles. The Balaban J connectivity index is 1.61. The molecule has 3 aromatic rings. The maximum absolute atomic E-state index is 12.4. The van der Waals surface area contributed by atoms with Crippen LogP contribution < -0.4 is 0 Å². The minimum atomic E-state index is -0.643. The van der Waals surface area contributed by atoms with Crippen LogP contribution in [-0.2, 0) is 15.6 Å². The van der Waals surface area contributed by atoms with E-state index in [0.29, 0.717) is 11.1 Å². The van der Waals surface area contributed by atoms with Gasteiger partial charge in [0.05, 0.1) is 11.1 Å². The molecule has 3 heteroatoms. The highest BCUT2D eigenvalue weighted by atomic mass is 16.6. The number of rotatable bonds is 3. The first-order chi connectivity index (χ1) is 15.1. The van der Waals surface area contributed by atoms with E-state index >= 15 is 0 Å². The molecular formula is C29H30O3. The van der Waals surface area contributed by atoms with Crippen molar-refractivity contribution >= 4 is 11.9 Å². The lowest BCUT2D eigenvalue weighted by Crippen LogP contribution is -2.34. The zero-order valence-electron chi connectivity index (χ0n) is 19.5. The highest BCUT2D eigenvalue weighted by Crippen LogP contribution is 2.47. The van der Waals surface area contributed by atoms with Crippen LogP contribution in [0.5, 0.6) is 0 Å². The summed E-state index contributed by atoms with van der Waals surface area (Å²) >= 11 is 0. The summed E-state index contributed by atoms with van der Waals surface area (Å²) in [4.78, 5) is 24.6. The van der Waals surface area contributed by atoms with E-state index in [-0.39, 0.29) is 10.8 Å². The van der Waals surface area contributed by atoms with E-state index in [9.17, 15) is 9.59 Å². The molecule has 4 rings (SSSR count). The normalized spacial score (nSPS) is 16.2. The molecule has 3 aromatic carbocycles. The number of ether oxygens (including phenoxy) is 1. The summed E-state index contributed by atoms with van der Waals surface area (Å²) in [5.41, 5.74) is 7.32. The maximum Gasteiger partial charge on any atom is 0.346 e. The molecule has 0 fully saturated rings. The number of carbonyl (C=O) groups is 2. The molecule has 0 aliphatic heterocycles. The Bertz CT molecular complexity index is 1170. The Kier molecular flexibility index (Phi) is 5.54. The first-order valence-electron chi connectivity index (χ1n) is 11.2. The molecule has 0 aromatic heterocycles. The summed E-state index contributed by atoms with van der Waals surface area (Å²) < 4.78 is 5.04. The fourth-order valence-electron chi connectivity index (χ4n) is 4.60. The van der Waals surface area contributed by atoms with Gasteiger partial charge in [-0.1, -0.05) is 70.2 Å². The standard InChI is InChI=1S/C29H30O3/c1-19-17-24-25(29(4,5)16-15-28(24,2)3)18-23(19)20-11-13-22(14-12-20)27(31)32-26(30)21-9-7-6-8-10-21/h6-14,17-18H,15-16H2,1-5H3. The lowest BCUT2D eigenvalue weighted by Gasteiger charge is -2.42. The van der Waals surface area contributed by atoms with Crippen molar-refractivity contribution in [1.29, 1.82) is 0 Å². The van der Waals surface area contributed by atoms with Crippen LogP contribution in [0.3, 0.4) is 0 Å². The molecule has 0 saturated carbocycles. The largest absolute Gasteiger partial charge is 0.386 e. The van der Waals surface area contributed by atoms with Gasteiger partial charge in [-0.2, -0.15) is 0 Å². The van der Waals surface area contributed by atoms with Crippen molar-refractivity contribution in [3.63, 3.8) is 0 Å². The van der Waals surface area contributed by atoms with Crippen molar-refractivity contribution in [3.05, 3.63) is 94.5 Å². The van der Waals surface area contributed by atoms with Gasteiger partial charge in [0.15, 0.2) is 0 Å². The molecule has 0 amide bonds. The van der Waals surface area contributed by atoms with Gasteiger partial charge in [-0.25, -0.2) is 9.59 Å². The molecule has 164 valence electrons. The van der Waals surface area contributed by atoms with Crippen molar-refractivity contribution in [2.24, 2.45) is 0 Å². The predicted octanol–water partition coefficient (Wildman–Crippen LogP) is 7.01. The number of carbonyl (C=O) groups excluding carboxylic acids is 2. The van der Waals surface area contributed by atoms with Gasteiger partial charge >= 0.3 is 11.9 Å². The van der Waals surface area contributed by atoms with Crippen LogP contribution in [-0.4, -0.2) is 11.9 Å². The predicted molar refractivity (Wildman–Crippen MR) is 128 cm³/mol. The zero-order chi connectivity index (χ0) is 23.1. The summed E-state index contributed by atoms with van der Waals surface area (Å²) in [6, 6.07) is 20.5. The van der Waals surface area contributed by atoms with Crippen molar-refractivity contribution in [2.75, 3.05) is 0 Å². The lowest BCUT2D eigenvalue weighted by atomic mass is 9.62. The summed E-state index contributed by atoms with van der Waals surface area (Å²) in [5.74, 6) is -1.29. The van der Waals surface area contributed by atoms with Gasteiger partial charge in [0.1, 0.15) is 0 Å². The second-order valence-corrected chi connectivity index (χ2v) is 10.1. The van der Waals surface area contributed by atoms with Crippen LogP contribution in [0.4, 0.5) is 0 Å². The maximum atomic E-state index is 12.4. The van der Waals surface area contributed by atoms with Crippen molar-refractivity contribution in [2.45, 2.75) is 58.3 Å². The van der Waals surface area contributed by atoms with Gasteiger partial charge < -0.3 is 4.74 Å². The number of benzene rings is 3. The van der Waals surface area contributed by atoms with Gasteiger partial charge in [0.2, 0.25) is 0 Å². The lowest BCUT2D eigenvalue weighted by molar-refractivity contribution is 0.0398. The van der Waals surface area contributed by atoms with Gasteiger partial charge in [-0.05, 0) is 82.7 Å². The molecule has 0 unspecified atom stereocenters. The SMILES string of the molecule is Cc1cc2c(cc1-c1ccc(C(=O)OC(=O)c3ccccc3)cc1)C(C)(C)CCC2(C)C. The zero-order valence-corrected chi connectivity index (χ0v) is 19.5. The molecule has 0 saturated heterocycles. The topological polar surface area (TPSA) is 43.4 Å². The van der Waals surface area contributed by atoms with Crippen LogP contribution in [0.25, 0.3) is 11.1 Å². The van der Waals surface area contributed by atoms with E-state index in [1.54, 1.807) is 36.4 Å². The Morgan fingerprint density at radius 2 is 1.22 bits per heavy atom. The van der Waals surface area contributed by atoms with Crippen LogP contribution in [0.15, 0.2) is 66.7 Å². The van der Waals surface area contributed by atoms with Gasteiger partial charge in [-0.3, -0.25) is 0 Å². The third-order valence-corrected chi connectivity index (χ3v) is 6.82. The van der Waals surface area contributed by atoms with Crippen LogP contribution in [0.2, 0.25) is 0 Å². The number of aryl methyl sites for hydroxylation is 1. The molecule has 32 heavy (non-hydrogen) atoms. The fraction of sp³-hybridized carbons (Fsp3) is 0.310. The highest BCUT2D eigenvalue weighted by Gasteiger charge is 2.37. The first-order valence-corrected chi connectivity index (χ1v) is 11.2. The summed E-state index contributed by atoms with van der Waals surface area (Å²) in [6.45, 7) is 11.5. The van der Waals surface area contributed by atoms with E-state index in [4.69, 9.17) is 4.74 Å². The molecule has 0 bridgehead atoms. The average Bonchev–Trinajstić information content (AvgIpc) is 2.77. The molecule has 1 aliphatic rings. The monoisotopic (exact) mass is 426 g/mol. The van der Waals surface area contributed by atoms with E-state index in [1.165, 1.54) is 28.7 Å². The quantitative estimate of drug-likeness (QED) is 0.334. The first kappa shape index (κ1) is 22.0. The number of esters is 2. The molecule has 3 nitrogen and oxygen atoms in total. The van der Waals surface area contributed by atoms with E-state index in [1.807, 2.05) is 18.2 Å². The minimum absolute atomic E-state index is 0.134. The second kappa shape index (κ2) is 8.05. The van der Waals surface area contributed by atoms with Crippen molar-refractivity contribution in [1.82, 2.24) is 0 Å². The smallest absolute Gasteiger partial charge is 0.346 e. The molecule has 0 spiro atoms. The Hall–Kier alpha value is -3.20. The van der Waals surface area contributed by atoms with E-state index in [2.05, 4.69) is 46.8 Å².